The van der Waals surface area contributed by atoms with Gasteiger partial charge >= 0.3 is 0 Å². The van der Waals surface area contributed by atoms with Gasteiger partial charge < -0.3 is 5.73 Å². The normalized spacial score (nSPS) is 19.3. The fourth-order valence-electron chi connectivity index (χ4n) is 1.98. The minimum atomic E-state index is -0.924. The van der Waals surface area contributed by atoms with Crippen molar-refractivity contribution in [1.29, 1.82) is 0 Å². The molecule has 4 heteroatoms. The molecule has 0 heterocycles. The number of benzene rings is 1. The molecule has 0 saturated heterocycles. The smallest absolute Gasteiger partial charge is 0.0621 e. The lowest BCUT2D eigenvalue weighted by atomic mass is 10.3. The van der Waals surface area contributed by atoms with E-state index < -0.39 is 10.8 Å². The van der Waals surface area contributed by atoms with E-state index >= 15 is 0 Å². The highest BCUT2D eigenvalue weighted by Crippen LogP contribution is 2.30. The molecule has 2 rings (SSSR count). The lowest BCUT2D eigenvalue weighted by Crippen LogP contribution is -2.12. The molecule has 1 aromatic carbocycles. The van der Waals surface area contributed by atoms with Gasteiger partial charge in [0.1, 0.15) is 0 Å². The third-order valence-electron chi connectivity index (χ3n) is 2.79. The van der Waals surface area contributed by atoms with E-state index in [4.69, 9.17) is 5.73 Å². The maximum absolute atomic E-state index is 12.2. The standard InChI is InChI=1S/C11H14BrNOS/c12-8-5-6-11(10(13)7-8)15(14)9-3-1-2-4-9/h5-7,9H,1-4,13H2. The Morgan fingerprint density at radius 3 is 2.60 bits per heavy atom. The van der Waals surface area contributed by atoms with E-state index in [0.29, 0.717) is 10.9 Å². The molecule has 1 aromatic rings. The van der Waals surface area contributed by atoms with Crippen molar-refractivity contribution >= 4 is 32.4 Å². The van der Waals surface area contributed by atoms with Crippen molar-refractivity contribution in [2.24, 2.45) is 0 Å². The van der Waals surface area contributed by atoms with E-state index in [-0.39, 0.29) is 0 Å². The van der Waals surface area contributed by atoms with Crippen LogP contribution in [0.4, 0.5) is 5.69 Å². The van der Waals surface area contributed by atoms with Gasteiger partial charge in [0.15, 0.2) is 0 Å². The van der Waals surface area contributed by atoms with Gasteiger partial charge in [0.2, 0.25) is 0 Å². The topological polar surface area (TPSA) is 43.1 Å². The van der Waals surface area contributed by atoms with Crippen LogP contribution in [0.1, 0.15) is 25.7 Å². The van der Waals surface area contributed by atoms with E-state index in [9.17, 15) is 4.21 Å². The molecule has 82 valence electrons. The van der Waals surface area contributed by atoms with Gasteiger partial charge in [-0.3, -0.25) is 4.21 Å². The molecule has 0 spiro atoms. The van der Waals surface area contributed by atoms with E-state index in [1.54, 1.807) is 0 Å². The first kappa shape index (κ1) is 11.1. The molecular formula is C11H14BrNOS. The lowest BCUT2D eigenvalue weighted by molar-refractivity contribution is 0.669. The molecule has 2 nitrogen and oxygen atoms in total. The molecule has 0 radical (unpaired) electrons. The van der Waals surface area contributed by atoms with Crippen LogP contribution < -0.4 is 5.73 Å². The van der Waals surface area contributed by atoms with Gasteiger partial charge in [-0.15, -0.1) is 0 Å². The number of hydrogen-bond acceptors (Lipinski definition) is 2. The molecular weight excluding hydrogens is 274 g/mol. The van der Waals surface area contributed by atoms with Gasteiger partial charge in [0.25, 0.3) is 0 Å². The summed E-state index contributed by atoms with van der Waals surface area (Å²) in [6, 6.07) is 5.59. The van der Waals surface area contributed by atoms with Crippen LogP contribution >= 0.6 is 15.9 Å². The maximum Gasteiger partial charge on any atom is 0.0621 e. The summed E-state index contributed by atoms with van der Waals surface area (Å²) in [5.74, 6) is 0. The second kappa shape index (κ2) is 4.66. The van der Waals surface area contributed by atoms with Gasteiger partial charge in [0.05, 0.1) is 15.7 Å². The zero-order valence-electron chi connectivity index (χ0n) is 8.41. The summed E-state index contributed by atoms with van der Waals surface area (Å²) in [4.78, 5) is 0.796. The Kier molecular flexibility index (Phi) is 3.46. The number of anilines is 1. The van der Waals surface area contributed by atoms with Crippen LogP contribution in [0.15, 0.2) is 27.6 Å². The van der Waals surface area contributed by atoms with Gasteiger partial charge in [-0.2, -0.15) is 0 Å². The third kappa shape index (κ3) is 2.42. The first-order valence-electron chi connectivity index (χ1n) is 5.14. The third-order valence-corrected chi connectivity index (χ3v) is 5.17. The van der Waals surface area contributed by atoms with Crippen molar-refractivity contribution in [2.75, 3.05) is 5.73 Å². The SMILES string of the molecule is Nc1cc(Br)ccc1S(=O)C1CCCC1. The molecule has 1 atom stereocenters. The summed E-state index contributed by atoms with van der Waals surface area (Å²) in [6.45, 7) is 0. The molecule has 1 unspecified atom stereocenters. The molecule has 0 aliphatic heterocycles. The van der Waals surface area contributed by atoms with Crippen molar-refractivity contribution in [3.05, 3.63) is 22.7 Å². The Morgan fingerprint density at radius 1 is 1.33 bits per heavy atom. The van der Waals surface area contributed by atoms with E-state index in [0.717, 1.165) is 22.2 Å². The van der Waals surface area contributed by atoms with Crippen LogP contribution in [-0.2, 0) is 10.8 Å². The first-order chi connectivity index (χ1) is 7.18. The molecule has 2 N–H and O–H groups in total. The molecule has 15 heavy (non-hydrogen) atoms. The number of halogens is 1. The van der Waals surface area contributed by atoms with Crippen molar-refractivity contribution in [1.82, 2.24) is 0 Å². The highest BCUT2D eigenvalue weighted by Gasteiger charge is 2.23. The van der Waals surface area contributed by atoms with Crippen LogP contribution in [0.2, 0.25) is 0 Å². The zero-order chi connectivity index (χ0) is 10.8. The van der Waals surface area contributed by atoms with Crippen molar-refractivity contribution < 1.29 is 4.21 Å². The van der Waals surface area contributed by atoms with Gasteiger partial charge in [-0.25, -0.2) is 0 Å². The van der Waals surface area contributed by atoms with Gasteiger partial charge in [0, 0.05) is 15.4 Å². The Morgan fingerprint density at radius 2 is 2.00 bits per heavy atom. The number of rotatable bonds is 2. The summed E-state index contributed by atoms with van der Waals surface area (Å²) in [5.41, 5.74) is 6.50. The number of nitrogen functional groups attached to an aromatic ring is 1. The summed E-state index contributed by atoms with van der Waals surface area (Å²) < 4.78 is 13.1. The summed E-state index contributed by atoms with van der Waals surface area (Å²) in [5, 5.41) is 0.313. The van der Waals surface area contributed by atoms with E-state index in [1.165, 1.54) is 12.8 Å². The zero-order valence-corrected chi connectivity index (χ0v) is 10.8. The van der Waals surface area contributed by atoms with Crippen molar-refractivity contribution in [2.45, 2.75) is 35.8 Å². The predicted molar refractivity (Wildman–Crippen MR) is 67.2 cm³/mol. The predicted octanol–water partition coefficient (Wildman–Crippen LogP) is 3.08. The average Bonchev–Trinajstić information content (AvgIpc) is 2.69. The summed E-state index contributed by atoms with van der Waals surface area (Å²) in [6.07, 6.45) is 4.55. The highest BCUT2D eigenvalue weighted by molar-refractivity contribution is 9.10. The van der Waals surface area contributed by atoms with E-state index in [2.05, 4.69) is 15.9 Å². The minimum Gasteiger partial charge on any atom is -0.398 e. The molecule has 1 aliphatic carbocycles. The quantitative estimate of drug-likeness (QED) is 0.850. The second-order valence-corrected chi connectivity index (χ2v) is 6.50. The molecule has 1 fully saturated rings. The fraction of sp³-hybridized carbons (Fsp3) is 0.455. The second-order valence-electron chi connectivity index (χ2n) is 3.89. The van der Waals surface area contributed by atoms with Crippen LogP contribution in [0.3, 0.4) is 0 Å². The Labute approximate surface area is 101 Å². The maximum atomic E-state index is 12.2. The van der Waals surface area contributed by atoms with E-state index in [1.807, 2.05) is 18.2 Å². The minimum absolute atomic E-state index is 0.313. The largest absolute Gasteiger partial charge is 0.398 e. The highest BCUT2D eigenvalue weighted by atomic mass is 79.9. The number of nitrogens with two attached hydrogens (primary N) is 1. The first-order valence-corrected chi connectivity index (χ1v) is 7.14. The Hall–Kier alpha value is -0.350. The van der Waals surface area contributed by atoms with Crippen LogP contribution in [-0.4, -0.2) is 9.46 Å². The molecule has 0 aromatic heterocycles. The Balaban J connectivity index is 2.24. The molecule has 0 bridgehead atoms. The van der Waals surface area contributed by atoms with Crippen LogP contribution in [0.25, 0.3) is 0 Å². The number of hydrogen-bond donors (Lipinski definition) is 1. The van der Waals surface area contributed by atoms with Crippen LogP contribution in [0, 0.1) is 0 Å². The van der Waals surface area contributed by atoms with Crippen molar-refractivity contribution in [3.63, 3.8) is 0 Å². The van der Waals surface area contributed by atoms with Crippen molar-refractivity contribution in [3.8, 4) is 0 Å². The molecule has 1 saturated carbocycles. The molecule has 1 aliphatic rings. The van der Waals surface area contributed by atoms with Gasteiger partial charge in [-0.1, -0.05) is 28.8 Å². The Bertz CT molecular complexity index is 388. The van der Waals surface area contributed by atoms with Crippen LogP contribution in [0.5, 0.6) is 0 Å². The van der Waals surface area contributed by atoms with Gasteiger partial charge in [-0.05, 0) is 31.0 Å². The lowest BCUT2D eigenvalue weighted by Gasteiger charge is -2.11. The summed E-state index contributed by atoms with van der Waals surface area (Å²) in [7, 11) is -0.924. The fourth-order valence-corrected chi connectivity index (χ4v) is 3.98. The summed E-state index contributed by atoms with van der Waals surface area (Å²) >= 11 is 3.35. The monoisotopic (exact) mass is 287 g/mol. The molecule has 0 amide bonds. The average molecular weight is 288 g/mol.